The van der Waals surface area contributed by atoms with Crippen molar-refractivity contribution in [1.82, 2.24) is 5.32 Å². The lowest BCUT2D eigenvalue weighted by Crippen LogP contribution is -2.20. The standard InChI is InChI=1S/C18H20ClNO/c19-17-4-1-14(2-5-17)7-10-20-11-8-15-3-6-18-16(13-15)9-12-21-18/h1-6,13,20H,7-12H2. The Hall–Kier alpha value is -1.51. The highest BCUT2D eigenvalue weighted by atomic mass is 35.5. The highest BCUT2D eigenvalue weighted by Crippen LogP contribution is 2.25. The van der Waals surface area contributed by atoms with E-state index in [0.717, 1.165) is 49.7 Å². The van der Waals surface area contributed by atoms with Crippen molar-refractivity contribution in [2.24, 2.45) is 0 Å². The van der Waals surface area contributed by atoms with Gasteiger partial charge in [0.1, 0.15) is 5.75 Å². The van der Waals surface area contributed by atoms with Gasteiger partial charge in [-0.05, 0) is 60.8 Å². The fourth-order valence-electron chi connectivity index (χ4n) is 2.64. The lowest BCUT2D eigenvalue weighted by atomic mass is 10.1. The molecule has 1 N–H and O–H groups in total. The van der Waals surface area contributed by atoms with Crippen LogP contribution in [0.5, 0.6) is 5.75 Å². The van der Waals surface area contributed by atoms with Gasteiger partial charge in [-0.25, -0.2) is 0 Å². The van der Waals surface area contributed by atoms with Crippen molar-refractivity contribution in [2.45, 2.75) is 19.3 Å². The Morgan fingerprint density at radius 1 is 0.952 bits per heavy atom. The SMILES string of the molecule is Clc1ccc(CCNCCc2ccc3c(c2)CCO3)cc1. The molecule has 0 amide bonds. The van der Waals surface area contributed by atoms with Crippen molar-refractivity contribution in [2.75, 3.05) is 19.7 Å². The summed E-state index contributed by atoms with van der Waals surface area (Å²) in [6, 6.07) is 14.6. The number of hydrogen-bond acceptors (Lipinski definition) is 2. The van der Waals surface area contributed by atoms with Crippen LogP contribution in [-0.2, 0) is 19.3 Å². The highest BCUT2D eigenvalue weighted by Gasteiger charge is 2.11. The van der Waals surface area contributed by atoms with Gasteiger partial charge in [0.25, 0.3) is 0 Å². The summed E-state index contributed by atoms with van der Waals surface area (Å²) in [6.45, 7) is 2.83. The van der Waals surface area contributed by atoms with Crippen molar-refractivity contribution in [1.29, 1.82) is 0 Å². The zero-order chi connectivity index (χ0) is 14.5. The normalized spacial score (nSPS) is 13.0. The van der Waals surface area contributed by atoms with E-state index in [2.05, 4.69) is 35.6 Å². The Kier molecular flexibility index (Phi) is 4.79. The second-order valence-electron chi connectivity index (χ2n) is 5.42. The van der Waals surface area contributed by atoms with E-state index in [1.165, 1.54) is 16.7 Å². The fourth-order valence-corrected chi connectivity index (χ4v) is 2.76. The van der Waals surface area contributed by atoms with Gasteiger partial charge in [0.2, 0.25) is 0 Å². The Balaban J connectivity index is 1.39. The van der Waals surface area contributed by atoms with E-state index >= 15 is 0 Å². The van der Waals surface area contributed by atoms with Crippen LogP contribution in [0.3, 0.4) is 0 Å². The molecule has 1 aliphatic heterocycles. The van der Waals surface area contributed by atoms with E-state index < -0.39 is 0 Å². The molecular formula is C18H20ClNO. The monoisotopic (exact) mass is 301 g/mol. The van der Waals surface area contributed by atoms with E-state index in [4.69, 9.17) is 16.3 Å². The summed E-state index contributed by atoms with van der Waals surface area (Å²) in [7, 11) is 0. The largest absolute Gasteiger partial charge is 0.493 e. The molecule has 0 saturated carbocycles. The predicted molar refractivity (Wildman–Crippen MR) is 87.4 cm³/mol. The number of rotatable bonds is 6. The van der Waals surface area contributed by atoms with Gasteiger partial charge in [0.15, 0.2) is 0 Å². The molecule has 2 nitrogen and oxygen atoms in total. The Bertz CT molecular complexity index is 595. The molecular weight excluding hydrogens is 282 g/mol. The lowest BCUT2D eigenvalue weighted by Gasteiger charge is -2.07. The van der Waals surface area contributed by atoms with E-state index in [1.807, 2.05) is 12.1 Å². The molecule has 0 bridgehead atoms. The van der Waals surface area contributed by atoms with Crippen LogP contribution < -0.4 is 10.1 Å². The molecule has 1 heterocycles. The molecule has 110 valence electrons. The number of fused-ring (bicyclic) bond motifs is 1. The summed E-state index contributed by atoms with van der Waals surface area (Å²) >= 11 is 5.88. The van der Waals surface area contributed by atoms with E-state index in [9.17, 15) is 0 Å². The molecule has 21 heavy (non-hydrogen) atoms. The molecule has 0 unspecified atom stereocenters. The van der Waals surface area contributed by atoms with Crippen molar-refractivity contribution in [3.05, 3.63) is 64.2 Å². The second-order valence-corrected chi connectivity index (χ2v) is 5.85. The van der Waals surface area contributed by atoms with Crippen LogP contribution in [0.1, 0.15) is 16.7 Å². The zero-order valence-corrected chi connectivity index (χ0v) is 12.8. The average Bonchev–Trinajstić information content (AvgIpc) is 2.96. The van der Waals surface area contributed by atoms with Crippen LogP contribution in [0.15, 0.2) is 42.5 Å². The van der Waals surface area contributed by atoms with Gasteiger partial charge in [0.05, 0.1) is 6.61 Å². The summed E-state index contributed by atoms with van der Waals surface area (Å²) in [6.07, 6.45) is 3.15. The first-order valence-electron chi connectivity index (χ1n) is 7.51. The maximum atomic E-state index is 5.88. The van der Waals surface area contributed by atoms with Crippen molar-refractivity contribution < 1.29 is 4.74 Å². The molecule has 0 atom stereocenters. The molecule has 0 saturated heterocycles. The first-order valence-corrected chi connectivity index (χ1v) is 7.89. The first-order chi connectivity index (χ1) is 10.3. The topological polar surface area (TPSA) is 21.3 Å². The van der Waals surface area contributed by atoms with Crippen LogP contribution in [0, 0.1) is 0 Å². The third kappa shape index (κ3) is 3.99. The first kappa shape index (κ1) is 14.4. The highest BCUT2D eigenvalue weighted by molar-refractivity contribution is 6.30. The third-order valence-electron chi connectivity index (χ3n) is 3.85. The predicted octanol–water partition coefficient (Wildman–Crippen LogP) is 3.65. The van der Waals surface area contributed by atoms with E-state index in [-0.39, 0.29) is 0 Å². The van der Waals surface area contributed by atoms with Gasteiger partial charge >= 0.3 is 0 Å². The molecule has 0 aromatic heterocycles. The summed E-state index contributed by atoms with van der Waals surface area (Å²) in [4.78, 5) is 0. The summed E-state index contributed by atoms with van der Waals surface area (Å²) in [5.74, 6) is 1.06. The molecule has 2 aromatic carbocycles. The average molecular weight is 302 g/mol. The van der Waals surface area contributed by atoms with E-state index in [0.29, 0.717) is 0 Å². The summed E-state index contributed by atoms with van der Waals surface area (Å²) < 4.78 is 5.53. The molecule has 1 aliphatic rings. The summed E-state index contributed by atoms with van der Waals surface area (Å²) in [5.41, 5.74) is 4.06. The van der Waals surface area contributed by atoms with Crippen LogP contribution >= 0.6 is 11.6 Å². The van der Waals surface area contributed by atoms with Crippen LogP contribution in [0.4, 0.5) is 0 Å². The van der Waals surface area contributed by atoms with Gasteiger partial charge in [-0.3, -0.25) is 0 Å². The van der Waals surface area contributed by atoms with Crippen molar-refractivity contribution in [3.8, 4) is 5.75 Å². The smallest absolute Gasteiger partial charge is 0.122 e. The van der Waals surface area contributed by atoms with E-state index in [1.54, 1.807) is 0 Å². The Morgan fingerprint density at radius 2 is 1.67 bits per heavy atom. The van der Waals surface area contributed by atoms with Crippen molar-refractivity contribution in [3.63, 3.8) is 0 Å². The molecule has 0 fully saturated rings. The molecule has 0 aliphatic carbocycles. The van der Waals surface area contributed by atoms with Gasteiger partial charge in [-0.1, -0.05) is 35.9 Å². The quantitative estimate of drug-likeness (QED) is 0.822. The molecule has 0 radical (unpaired) electrons. The molecule has 3 heteroatoms. The molecule has 3 rings (SSSR count). The third-order valence-corrected chi connectivity index (χ3v) is 4.10. The van der Waals surface area contributed by atoms with Gasteiger partial charge in [-0.15, -0.1) is 0 Å². The second kappa shape index (κ2) is 6.97. The minimum atomic E-state index is 0.798. The number of nitrogens with one attached hydrogen (secondary N) is 1. The minimum Gasteiger partial charge on any atom is -0.493 e. The van der Waals surface area contributed by atoms with Gasteiger partial charge in [-0.2, -0.15) is 0 Å². The number of hydrogen-bond donors (Lipinski definition) is 1. The Labute approximate surface area is 131 Å². The van der Waals surface area contributed by atoms with Gasteiger partial charge < -0.3 is 10.1 Å². The fraction of sp³-hybridized carbons (Fsp3) is 0.333. The maximum absolute atomic E-state index is 5.88. The van der Waals surface area contributed by atoms with Crippen LogP contribution in [-0.4, -0.2) is 19.7 Å². The van der Waals surface area contributed by atoms with Crippen molar-refractivity contribution >= 4 is 11.6 Å². The van der Waals surface area contributed by atoms with Gasteiger partial charge in [0, 0.05) is 11.4 Å². The Morgan fingerprint density at radius 3 is 2.48 bits per heavy atom. The molecule has 0 spiro atoms. The molecule has 2 aromatic rings. The number of halogens is 1. The summed E-state index contributed by atoms with van der Waals surface area (Å²) in [5, 5.41) is 4.30. The lowest BCUT2D eigenvalue weighted by molar-refractivity contribution is 0.357. The van der Waals surface area contributed by atoms with Crippen LogP contribution in [0.2, 0.25) is 5.02 Å². The number of ether oxygens (including phenoxy) is 1. The zero-order valence-electron chi connectivity index (χ0n) is 12.1. The van der Waals surface area contributed by atoms with Crippen LogP contribution in [0.25, 0.3) is 0 Å². The maximum Gasteiger partial charge on any atom is 0.122 e. The number of benzene rings is 2. The minimum absolute atomic E-state index is 0.798.